The zero-order chi connectivity index (χ0) is 4.71. The smallest absolute Gasteiger partial charge is 0.237 e. The van der Waals surface area contributed by atoms with Gasteiger partial charge in [0.05, 0.1) is 0 Å². The van der Waals surface area contributed by atoms with Crippen LogP contribution in [-0.2, 0) is 4.79 Å². The summed E-state index contributed by atoms with van der Waals surface area (Å²) >= 11 is 0. The number of hydrogen-bond donors (Lipinski definition) is 0. The topological polar surface area (TPSA) is 68.3 Å². The normalized spacial score (nSPS) is 2.20. The molecule has 28 valence electrons. The van der Waals surface area contributed by atoms with Crippen molar-refractivity contribution in [3.8, 4) is 0 Å². The van der Waals surface area contributed by atoms with Crippen molar-refractivity contribution in [2.45, 2.75) is 0 Å². The average molecular weight is 74.0 g/mol. The van der Waals surface area contributed by atoms with Gasteiger partial charge in [0.25, 0.3) is 0 Å². The lowest BCUT2D eigenvalue weighted by atomic mass is 11.9. The van der Waals surface area contributed by atoms with Crippen molar-refractivity contribution in [2.24, 2.45) is 0 Å². The van der Waals surface area contributed by atoms with E-state index in [4.69, 9.17) is 15.4 Å². The Hall–Kier alpha value is -1.11. The third kappa shape index (κ3) is 1.86. The van der Waals surface area contributed by atoms with Gasteiger partial charge >= 0.3 is 0 Å². The van der Waals surface area contributed by atoms with Gasteiger partial charge in [-0.1, -0.05) is 0 Å². The minimum Gasteiger partial charge on any atom is -0.463 e. The molecule has 0 aliphatic carbocycles. The van der Waals surface area contributed by atoms with Gasteiger partial charge in [-0.05, 0) is 0 Å². The van der Waals surface area contributed by atoms with Crippen LogP contribution in [0.1, 0.15) is 0 Å². The van der Waals surface area contributed by atoms with E-state index in [0.29, 0.717) is 0 Å². The van der Waals surface area contributed by atoms with Gasteiger partial charge in [0, 0.05) is 0 Å². The average Bonchev–Trinajstić information content (AvgIpc) is 1.46. The summed E-state index contributed by atoms with van der Waals surface area (Å²) in [6.45, 7) is 2.00. The fraction of sp³-hybridized carbons (Fsp3) is 0. The molecule has 0 atom stereocenters. The van der Waals surface area contributed by atoms with E-state index in [1.54, 1.807) is 0 Å². The number of carbonyl (C=O) groups is 1. The first-order chi connectivity index (χ1) is 2.41. The Bertz CT molecular complexity index is 37.4. The Kier molecular flexibility index (Phi) is 1550. The van der Waals surface area contributed by atoms with Crippen LogP contribution in [0.4, 0.5) is 0 Å². The van der Waals surface area contributed by atoms with Gasteiger partial charge in [-0.25, -0.2) is 0 Å². The van der Waals surface area contributed by atoms with Gasteiger partial charge in [0.1, 0.15) is 6.79 Å². The quantitative estimate of drug-likeness (QED) is 0.303. The van der Waals surface area contributed by atoms with E-state index in [2.05, 4.69) is 0 Å². The molecular formula is CH2N2O2. The fourth-order valence-corrected chi connectivity index (χ4v) is 0. The van der Waals surface area contributed by atoms with Gasteiger partial charge in [-0.3, -0.25) is 0 Å². The molecule has 0 aliphatic heterocycles. The third-order valence-corrected chi connectivity index (χ3v) is 0. The van der Waals surface area contributed by atoms with Crippen LogP contribution in [-0.4, -0.2) is 6.79 Å². The highest BCUT2D eigenvalue weighted by Crippen LogP contribution is 1.32. The van der Waals surface area contributed by atoms with Crippen LogP contribution < -0.4 is 0 Å². The monoisotopic (exact) mass is 74.0 g/mol. The van der Waals surface area contributed by atoms with Gasteiger partial charge in [0.2, 0.25) is 10.5 Å². The number of rotatable bonds is 0. The number of carbonyl (C=O) groups excluding carboxylic acids is 1. The van der Waals surface area contributed by atoms with Crippen molar-refractivity contribution in [3.63, 3.8) is 0 Å². The SMILES string of the molecule is C=O.N#[N+][O-]. The molecule has 0 aromatic heterocycles. The zero-order valence-electron chi connectivity index (χ0n) is 2.42. The summed E-state index contributed by atoms with van der Waals surface area (Å²) in [4.78, 5) is 8.00. The number of nitrogens with zero attached hydrogens (tertiary/aromatic N) is 2. The van der Waals surface area contributed by atoms with Crippen LogP contribution in [0, 0.1) is 10.6 Å². The molecule has 0 fully saturated rings. The van der Waals surface area contributed by atoms with Crippen LogP contribution in [0.5, 0.6) is 0 Å². The lowest BCUT2D eigenvalue weighted by Crippen LogP contribution is -1.00. The molecule has 5 heavy (non-hydrogen) atoms. The molecule has 0 saturated carbocycles. The molecule has 0 heterocycles. The molecule has 4 nitrogen and oxygen atoms in total. The van der Waals surface area contributed by atoms with Gasteiger partial charge in [-0.2, -0.15) is 0 Å². The van der Waals surface area contributed by atoms with Gasteiger partial charge in [-0.15, -0.1) is 0 Å². The molecular weight excluding hydrogens is 72.0 g/mol. The fourth-order valence-electron chi connectivity index (χ4n) is 0. The first kappa shape index (κ1) is 9.10. The van der Waals surface area contributed by atoms with Crippen LogP contribution in [0.15, 0.2) is 0 Å². The van der Waals surface area contributed by atoms with Crippen molar-refractivity contribution in [1.29, 1.82) is 5.39 Å². The van der Waals surface area contributed by atoms with Crippen LogP contribution in [0.2, 0.25) is 0 Å². The Morgan fingerprint density at radius 3 is 1.80 bits per heavy atom. The third-order valence-electron chi connectivity index (χ3n) is 0. The van der Waals surface area contributed by atoms with E-state index in [-0.39, 0.29) is 0 Å². The van der Waals surface area contributed by atoms with E-state index in [1.165, 1.54) is 5.14 Å². The number of diazo groups is 1. The minimum absolute atomic E-state index is 1.25. The predicted molar refractivity (Wildman–Crippen MR) is 15.6 cm³/mol. The summed E-state index contributed by atoms with van der Waals surface area (Å²) in [7, 11) is 0. The largest absolute Gasteiger partial charge is 0.463 e. The summed E-state index contributed by atoms with van der Waals surface area (Å²) in [6.07, 6.45) is 0. The van der Waals surface area contributed by atoms with E-state index >= 15 is 0 Å². The molecule has 0 saturated heterocycles. The summed E-state index contributed by atoms with van der Waals surface area (Å²) in [5, 5.41) is 16.0. The summed E-state index contributed by atoms with van der Waals surface area (Å²) < 4.78 is 0. The van der Waals surface area contributed by atoms with Crippen molar-refractivity contribution in [3.05, 3.63) is 10.3 Å². The Morgan fingerprint density at radius 2 is 1.80 bits per heavy atom. The predicted octanol–water partition coefficient (Wildman–Crippen LogP) is 0.152. The molecule has 0 spiro atoms. The first-order valence-corrected chi connectivity index (χ1v) is 0.671. The highest BCUT2D eigenvalue weighted by molar-refractivity contribution is 5.10. The van der Waals surface area contributed by atoms with E-state index in [1.807, 2.05) is 6.79 Å². The molecule has 0 radical (unpaired) electrons. The van der Waals surface area contributed by atoms with Crippen molar-refractivity contribution >= 4 is 6.79 Å². The second kappa shape index (κ2) is 853. The molecule has 0 aromatic rings. The second-order valence-corrected chi connectivity index (χ2v) is 0.0816. The molecule has 0 unspecified atom stereocenters. The van der Waals surface area contributed by atoms with Crippen LogP contribution in [0.25, 0.3) is 5.14 Å². The van der Waals surface area contributed by atoms with Crippen molar-refractivity contribution in [1.82, 2.24) is 0 Å². The van der Waals surface area contributed by atoms with Crippen molar-refractivity contribution in [2.75, 3.05) is 0 Å². The van der Waals surface area contributed by atoms with Crippen LogP contribution in [0.3, 0.4) is 0 Å². The highest BCUT2D eigenvalue weighted by atomic mass is 16.4. The molecule has 0 N–H and O–H groups in total. The van der Waals surface area contributed by atoms with Gasteiger partial charge in [0.15, 0.2) is 0 Å². The van der Waals surface area contributed by atoms with Crippen LogP contribution >= 0.6 is 0 Å². The van der Waals surface area contributed by atoms with E-state index in [0.717, 1.165) is 0 Å². The standard InChI is InChI=1S/CH2O.N2O/c1-2;1-2-3/h1H2;. The lowest BCUT2D eigenvalue weighted by Gasteiger charge is -1.26. The molecule has 0 rings (SSSR count). The second-order valence-electron chi connectivity index (χ2n) is 0.0816. The van der Waals surface area contributed by atoms with E-state index in [9.17, 15) is 0 Å². The highest BCUT2D eigenvalue weighted by Gasteiger charge is 1.19. The van der Waals surface area contributed by atoms with Gasteiger partial charge < -0.3 is 10.0 Å². The maximum Gasteiger partial charge on any atom is 0.237 e. The Balaban J connectivity index is 0. The first-order valence-electron chi connectivity index (χ1n) is 0.671. The summed E-state index contributed by atoms with van der Waals surface area (Å²) in [6, 6.07) is 0. The molecule has 0 aromatic carbocycles. The molecule has 0 amide bonds. The minimum atomic E-state index is 1.25. The molecule has 0 aliphatic rings. The molecule has 4 heteroatoms. The maximum atomic E-state index is 8.11. The zero-order valence-corrected chi connectivity index (χ0v) is 2.42. The Morgan fingerprint density at radius 1 is 1.80 bits per heavy atom. The molecule has 0 bridgehead atoms. The number of hydrogen-bond acceptors (Lipinski definition) is 3. The maximum absolute atomic E-state index is 8.11. The summed E-state index contributed by atoms with van der Waals surface area (Å²) in [5.74, 6) is 0. The lowest BCUT2D eigenvalue weighted by molar-refractivity contribution is -0.0979. The Labute approximate surface area is 28.6 Å². The van der Waals surface area contributed by atoms with Crippen molar-refractivity contribution < 1.29 is 4.79 Å². The summed E-state index contributed by atoms with van der Waals surface area (Å²) in [5.41, 5.74) is 0. The van der Waals surface area contributed by atoms with E-state index < -0.39 is 0 Å².